The number of aliphatic hydroxyl groups is 1. The molecule has 0 atom stereocenters. The highest BCUT2D eigenvalue weighted by atomic mass is 32.2. The zero-order valence-electron chi connectivity index (χ0n) is 12.9. The van der Waals surface area contributed by atoms with E-state index in [4.69, 9.17) is 0 Å². The van der Waals surface area contributed by atoms with Gasteiger partial charge in [-0.1, -0.05) is 48.5 Å². The molecule has 1 N–H and O–H groups in total. The lowest BCUT2D eigenvalue weighted by atomic mass is 10.00. The summed E-state index contributed by atoms with van der Waals surface area (Å²) in [6.45, 7) is 1.07. The molecule has 0 saturated carbocycles. The van der Waals surface area contributed by atoms with Crippen molar-refractivity contribution in [3.63, 3.8) is 0 Å². The molecule has 2 aromatic carbocycles. The van der Waals surface area contributed by atoms with Crippen molar-refractivity contribution in [1.29, 1.82) is 0 Å². The zero-order chi connectivity index (χ0) is 16.3. The first-order chi connectivity index (χ1) is 11.1. The minimum Gasteiger partial charge on any atom is -0.396 e. The van der Waals surface area contributed by atoms with Crippen LogP contribution in [0.4, 0.5) is 0 Å². The summed E-state index contributed by atoms with van der Waals surface area (Å²) in [6.07, 6.45) is 1.42. The second-order valence-corrected chi connectivity index (χ2v) is 7.80. The van der Waals surface area contributed by atoms with Crippen molar-refractivity contribution in [1.82, 2.24) is 4.31 Å². The van der Waals surface area contributed by atoms with Crippen LogP contribution in [-0.4, -0.2) is 37.5 Å². The van der Waals surface area contributed by atoms with Crippen molar-refractivity contribution in [2.45, 2.75) is 17.7 Å². The second kappa shape index (κ2) is 6.83. The molecule has 2 aromatic rings. The molecule has 122 valence electrons. The minimum atomic E-state index is -3.52. The topological polar surface area (TPSA) is 57.6 Å². The molecule has 1 aliphatic heterocycles. The maximum Gasteiger partial charge on any atom is 0.243 e. The predicted molar refractivity (Wildman–Crippen MR) is 90.4 cm³/mol. The summed E-state index contributed by atoms with van der Waals surface area (Å²) in [5.74, 6) is 0.214. The van der Waals surface area contributed by atoms with Gasteiger partial charge >= 0.3 is 0 Å². The monoisotopic (exact) mass is 331 g/mol. The van der Waals surface area contributed by atoms with Crippen LogP contribution in [0.15, 0.2) is 59.5 Å². The summed E-state index contributed by atoms with van der Waals surface area (Å²) in [5.41, 5.74) is 1.63. The van der Waals surface area contributed by atoms with E-state index in [2.05, 4.69) is 0 Å². The summed E-state index contributed by atoms with van der Waals surface area (Å²) < 4.78 is 27.6. The van der Waals surface area contributed by atoms with Crippen molar-refractivity contribution < 1.29 is 13.5 Å². The molecule has 0 aliphatic carbocycles. The van der Waals surface area contributed by atoms with Crippen molar-refractivity contribution in [3.05, 3.63) is 54.6 Å². The number of piperidine rings is 1. The summed E-state index contributed by atoms with van der Waals surface area (Å²) in [7, 11) is -3.52. The maximum absolute atomic E-state index is 13.0. The maximum atomic E-state index is 13.0. The third kappa shape index (κ3) is 3.32. The van der Waals surface area contributed by atoms with E-state index in [9.17, 15) is 13.5 Å². The first-order valence-corrected chi connectivity index (χ1v) is 9.32. The fourth-order valence-electron chi connectivity index (χ4n) is 3.02. The Morgan fingerprint density at radius 2 is 1.57 bits per heavy atom. The Bertz CT molecular complexity index is 751. The van der Waals surface area contributed by atoms with E-state index in [1.807, 2.05) is 42.5 Å². The van der Waals surface area contributed by atoms with Gasteiger partial charge in [0.2, 0.25) is 10.0 Å². The van der Waals surface area contributed by atoms with Crippen LogP contribution in [0, 0.1) is 5.92 Å². The molecule has 0 spiro atoms. The molecule has 0 radical (unpaired) electrons. The van der Waals surface area contributed by atoms with E-state index in [1.54, 1.807) is 16.4 Å². The smallest absolute Gasteiger partial charge is 0.243 e. The molecule has 1 saturated heterocycles. The fourth-order valence-corrected chi connectivity index (χ4v) is 4.70. The molecule has 0 unspecified atom stereocenters. The van der Waals surface area contributed by atoms with Crippen LogP contribution in [0.2, 0.25) is 0 Å². The van der Waals surface area contributed by atoms with Gasteiger partial charge in [0, 0.05) is 25.3 Å². The third-order valence-corrected chi connectivity index (χ3v) is 6.38. The van der Waals surface area contributed by atoms with Gasteiger partial charge in [0.25, 0.3) is 0 Å². The van der Waals surface area contributed by atoms with E-state index in [0.29, 0.717) is 30.8 Å². The van der Waals surface area contributed by atoms with E-state index < -0.39 is 10.0 Å². The number of aliphatic hydroxyl groups excluding tert-OH is 1. The van der Waals surface area contributed by atoms with Gasteiger partial charge in [-0.05, 0) is 30.4 Å². The van der Waals surface area contributed by atoms with Crippen molar-refractivity contribution in [3.8, 4) is 11.1 Å². The van der Waals surface area contributed by atoms with E-state index >= 15 is 0 Å². The van der Waals surface area contributed by atoms with Crippen LogP contribution < -0.4 is 0 Å². The number of rotatable bonds is 4. The Hall–Kier alpha value is -1.69. The molecule has 0 bridgehead atoms. The van der Waals surface area contributed by atoms with Gasteiger partial charge < -0.3 is 5.11 Å². The third-order valence-electron chi connectivity index (χ3n) is 4.42. The highest BCUT2D eigenvalue weighted by Gasteiger charge is 2.30. The van der Waals surface area contributed by atoms with Crippen molar-refractivity contribution in [2.24, 2.45) is 5.92 Å². The Balaban J connectivity index is 1.95. The van der Waals surface area contributed by atoms with E-state index in [-0.39, 0.29) is 12.5 Å². The molecule has 1 aliphatic rings. The van der Waals surface area contributed by atoms with E-state index in [0.717, 1.165) is 11.1 Å². The number of nitrogens with zero attached hydrogens (tertiary/aromatic N) is 1. The number of sulfonamides is 1. The average Bonchev–Trinajstić information content (AvgIpc) is 2.62. The van der Waals surface area contributed by atoms with Gasteiger partial charge in [0.1, 0.15) is 0 Å². The van der Waals surface area contributed by atoms with Crippen molar-refractivity contribution in [2.75, 3.05) is 19.7 Å². The standard InChI is InChI=1S/C18H21NO3S/c20-14-15-10-12-19(13-11-15)23(21,22)18-9-5-4-8-17(18)16-6-2-1-3-7-16/h1-9,15,20H,10-14H2. The largest absolute Gasteiger partial charge is 0.396 e. The summed E-state index contributed by atoms with van der Waals surface area (Å²) >= 11 is 0. The lowest BCUT2D eigenvalue weighted by molar-refractivity contribution is 0.170. The van der Waals surface area contributed by atoms with Gasteiger partial charge in [-0.15, -0.1) is 0 Å². The molecule has 1 heterocycles. The Morgan fingerprint density at radius 1 is 0.957 bits per heavy atom. The quantitative estimate of drug-likeness (QED) is 0.937. The van der Waals surface area contributed by atoms with Gasteiger partial charge in [-0.2, -0.15) is 4.31 Å². The lowest BCUT2D eigenvalue weighted by Gasteiger charge is -2.30. The Morgan fingerprint density at radius 3 is 2.22 bits per heavy atom. The normalized spacial score (nSPS) is 17.3. The van der Waals surface area contributed by atoms with Crippen LogP contribution in [0.1, 0.15) is 12.8 Å². The zero-order valence-corrected chi connectivity index (χ0v) is 13.7. The van der Waals surface area contributed by atoms with E-state index in [1.165, 1.54) is 0 Å². The predicted octanol–water partition coefficient (Wildman–Crippen LogP) is 2.75. The molecule has 3 rings (SSSR count). The Kier molecular flexibility index (Phi) is 4.80. The lowest BCUT2D eigenvalue weighted by Crippen LogP contribution is -2.39. The summed E-state index contributed by atoms with van der Waals surface area (Å²) in [6, 6.07) is 16.7. The van der Waals surface area contributed by atoms with Gasteiger partial charge in [0.05, 0.1) is 4.90 Å². The van der Waals surface area contributed by atoms with Gasteiger partial charge in [-0.3, -0.25) is 0 Å². The molecule has 5 heteroatoms. The highest BCUT2D eigenvalue weighted by Crippen LogP contribution is 2.31. The van der Waals surface area contributed by atoms with Crippen LogP contribution in [0.5, 0.6) is 0 Å². The summed E-state index contributed by atoms with van der Waals surface area (Å²) in [4.78, 5) is 0.355. The Labute approximate surface area is 137 Å². The first-order valence-electron chi connectivity index (χ1n) is 7.88. The van der Waals surface area contributed by atoms with Crippen LogP contribution in [0.25, 0.3) is 11.1 Å². The molecule has 4 nitrogen and oxygen atoms in total. The van der Waals surface area contributed by atoms with Crippen LogP contribution in [-0.2, 0) is 10.0 Å². The molecular formula is C18H21NO3S. The average molecular weight is 331 g/mol. The SMILES string of the molecule is O=S(=O)(c1ccccc1-c1ccccc1)N1CCC(CO)CC1. The second-order valence-electron chi connectivity index (χ2n) is 5.89. The number of hydrogen-bond acceptors (Lipinski definition) is 3. The minimum absolute atomic E-state index is 0.133. The number of hydrogen-bond donors (Lipinski definition) is 1. The fraction of sp³-hybridized carbons (Fsp3) is 0.333. The molecule has 23 heavy (non-hydrogen) atoms. The molecular weight excluding hydrogens is 310 g/mol. The van der Waals surface area contributed by atoms with Crippen LogP contribution >= 0.6 is 0 Å². The molecule has 0 amide bonds. The molecule has 0 aromatic heterocycles. The van der Waals surface area contributed by atoms with Gasteiger partial charge in [-0.25, -0.2) is 8.42 Å². The van der Waals surface area contributed by atoms with Gasteiger partial charge in [0.15, 0.2) is 0 Å². The summed E-state index contributed by atoms with van der Waals surface area (Å²) in [5, 5.41) is 9.22. The first kappa shape index (κ1) is 16.2. The van der Waals surface area contributed by atoms with Crippen molar-refractivity contribution >= 4 is 10.0 Å². The number of benzene rings is 2. The molecule has 1 fully saturated rings. The highest BCUT2D eigenvalue weighted by molar-refractivity contribution is 7.89. The van der Waals surface area contributed by atoms with Crippen LogP contribution in [0.3, 0.4) is 0 Å².